The Kier molecular flexibility index (Phi) is 3.54. The number of alkyl halides is 3. The van der Waals surface area contributed by atoms with Crippen molar-refractivity contribution in [3.8, 4) is 11.4 Å². The van der Waals surface area contributed by atoms with Crippen molar-refractivity contribution in [1.82, 2.24) is 9.97 Å². The molecule has 0 atom stereocenters. The van der Waals surface area contributed by atoms with E-state index in [1.165, 1.54) is 12.1 Å². The van der Waals surface area contributed by atoms with Gasteiger partial charge in [0.1, 0.15) is 0 Å². The third-order valence-electron chi connectivity index (χ3n) is 3.71. The number of hydrogen-bond acceptors (Lipinski definition) is 3. The first kappa shape index (κ1) is 14.8. The number of nitrogens with zero attached hydrogens (tertiary/aromatic N) is 3. The molecule has 1 aliphatic rings. The van der Waals surface area contributed by atoms with Gasteiger partial charge in [-0.15, -0.1) is 0 Å². The van der Waals surface area contributed by atoms with E-state index in [1.54, 1.807) is 6.20 Å². The third-order valence-corrected chi connectivity index (χ3v) is 3.71. The highest BCUT2D eigenvalue weighted by Crippen LogP contribution is 2.43. The maximum Gasteiger partial charge on any atom is 0.416 e. The minimum Gasteiger partial charge on any atom is -0.375 e. The normalized spacial score (nSPS) is 15.0. The molecule has 0 amide bonds. The number of benzene rings is 1. The molecular weight excluding hydrogens is 291 g/mol. The average molecular weight is 307 g/mol. The lowest BCUT2D eigenvalue weighted by molar-refractivity contribution is -0.137. The molecule has 22 heavy (non-hydrogen) atoms. The Morgan fingerprint density at radius 2 is 1.73 bits per heavy atom. The van der Waals surface area contributed by atoms with Gasteiger partial charge >= 0.3 is 6.18 Å². The highest BCUT2D eigenvalue weighted by atomic mass is 19.4. The summed E-state index contributed by atoms with van der Waals surface area (Å²) in [6.45, 7) is 0. The Bertz CT molecular complexity index is 674. The van der Waals surface area contributed by atoms with Gasteiger partial charge in [0.2, 0.25) is 0 Å². The summed E-state index contributed by atoms with van der Waals surface area (Å²) < 4.78 is 37.8. The van der Waals surface area contributed by atoms with E-state index in [4.69, 9.17) is 0 Å². The Labute approximate surface area is 126 Å². The molecule has 3 nitrogen and oxygen atoms in total. The summed E-state index contributed by atoms with van der Waals surface area (Å²) in [6.07, 6.45) is -0.379. The number of halogens is 3. The molecule has 0 N–H and O–H groups in total. The van der Waals surface area contributed by atoms with Crippen molar-refractivity contribution in [3.05, 3.63) is 41.7 Å². The zero-order chi connectivity index (χ0) is 15.9. The monoisotopic (exact) mass is 307 g/mol. The van der Waals surface area contributed by atoms with Crippen LogP contribution < -0.4 is 4.90 Å². The molecule has 0 radical (unpaired) electrons. The standard InChI is InChI=1S/C16H16F3N3/c1-22(2)13-9-20-15(21-14(13)10-3-4-10)11-5-7-12(8-6-11)16(17,18)19/h5-10H,3-4H2,1-2H3. The van der Waals surface area contributed by atoms with E-state index < -0.39 is 11.7 Å². The molecule has 6 heteroatoms. The fourth-order valence-electron chi connectivity index (χ4n) is 2.34. The minimum atomic E-state index is -4.33. The topological polar surface area (TPSA) is 29.0 Å². The summed E-state index contributed by atoms with van der Waals surface area (Å²) in [5, 5.41) is 0. The van der Waals surface area contributed by atoms with Gasteiger partial charge in [0.05, 0.1) is 23.1 Å². The van der Waals surface area contributed by atoms with Crippen LogP contribution in [-0.2, 0) is 6.18 Å². The quantitative estimate of drug-likeness (QED) is 0.854. The van der Waals surface area contributed by atoms with Crippen LogP contribution in [0.5, 0.6) is 0 Å². The first-order valence-corrected chi connectivity index (χ1v) is 7.08. The van der Waals surface area contributed by atoms with Crippen LogP contribution in [-0.4, -0.2) is 24.1 Å². The molecule has 0 aliphatic heterocycles. The van der Waals surface area contributed by atoms with E-state index >= 15 is 0 Å². The first-order chi connectivity index (χ1) is 10.4. The van der Waals surface area contributed by atoms with E-state index in [0.29, 0.717) is 17.3 Å². The van der Waals surface area contributed by atoms with Gasteiger partial charge in [0.15, 0.2) is 5.82 Å². The maximum atomic E-state index is 12.6. The summed E-state index contributed by atoms with van der Waals surface area (Å²) >= 11 is 0. The van der Waals surface area contributed by atoms with Crippen molar-refractivity contribution in [2.24, 2.45) is 0 Å². The van der Waals surface area contributed by atoms with Crippen LogP contribution in [0.4, 0.5) is 18.9 Å². The zero-order valence-corrected chi connectivity index (χ0v) is 12.4. The molecule has 3 rings (SSSR count). The molecule has 0 saturated heterocycles. The summed E-state index contributed by atoms with van der Waals surface area (Å²) in [4.78, 5) is 10.8. The second kappa shape index (κ2) is 5.26. The number of aromatic nitrogens is 2. The number of hydrogen-bond donors (Lipinski definition) is 0. The second-order valence-electron chi connectivity index (χ2n) is 5.71. The van der Waals surface area contributed by atoms with E-state index in [-0.39, 0.29) is 0 Å². The Balaban J connectivity index is 1.96. The summed E-state index contributed by atoms with van der Waals surface area (Å²) in [5.41, 5.74) is 1.89. The van der Waals surface area contributed by atoms with Crippen molar-refractivity contribution in [1.29, 1.82) is 0 Å². The second-order valence-corrected chi connectivity index (χ2v) is 5.71. The predicted octanol–water partition coefficient (Wildman–Crippen LogP) is 4.11. The lowest BCUT2D eigenvalue weighted by Gasteiger charge is -2.16. The lowest BCUT2D eigenvalue weighted by Crippen LogP contribution is -2.13. The fraction of sp³-hybridized carbons (Fsp3) is 0.375. The smallest absolute Gasteiger partial charge is 0.375 e. The molecule has 116 valence electrons. The summed E-state index contributed by atoms with van der Waals surface area (Å²) in [5.74, 6) is 0.912. The highest BCUT2D eigenvalue weighted by Gasteiger charge is 2.31. The number of anilines is 1. The van der Waals surface area contributed by atoms with Gasteiger partial charge in [-0.3, -0.25) is 0 Å². The Morgan fingerprint density at radius 1 is 1.09 bits per heavy atom. The van der Waals surface area contributed by atoms with Gasteiger partial charge in [-0.2, -0.15) is 13.2 Å². The van der Waals surface area contributed by atoms with Crippen molar-refractivity contribution < 1.29 is 13.2 Å². The molecule has 1 saturated carbocycles. The molecule has 2 aromatic rings. The van der Waals surface area contributed by atoms with Gasteiger partial charge in [0.25, 0.3) is 0 Å². The van der Waals surface area contributed by atoms with E-state index in [1.807, 2.05) is 19.0 Å². The molecule has 1 aromatic carbocycles. The first-order valence-electron chi connectivity index (χ1n) is 7.08. The predicted molar refractivity (Wildman–Crippen MR) is 78.8 cm³/mol. The van der Waals surface area contributed by atoms with Gasteiger partial charge in [-0.25, -0.2) is 9.97 Å². The average Bonchev–Trinajstić information content (AvgIpc) is 3.30. The summed E-state index contributed by atoms with van der Waals surface area (Å²) in [6, 6.07) is 4.97. The molecule has 1 aromatic heterocycles. The Hall–Kier alpha value is -2.11. The van der Waals surface area contributed by atoms with Crippen LogP contribution >= 0.6 is 0 Å². The number of rotatable bonds is 3. The summed E-state index contributed by atoms with van der Waals surface area (Å²) in [7, 11) is 3.87. The van der Waals surface area contributed by atoms with E-state index in [0.717, 1.165) is 36.4 Å². The highest BCUT2D eigenvalue weighted by molar-refractivity contribution is 5.60. The van der Waals surface area contributed by atoms with Gasteiger partial charge in [-0.1, -0.05) is 12.1 Å². The van der Waals surface area contributed by atoms with Crippen molar-refractivity contribution in [3.63, 3.8) is 0 Å². The van der Waals surface area contributed by atoms with Gasteiger partial charge in [0, 0.05) is 25.6 Å². The molecule has 0 unspecified atom stereocenters. The largest absolute Gasteiger partial charge is 0.416 e. The Morgan fingerprint density at radius 3 is 2.23 bits per heavy atom. The molecule has 0 bridgehead atoms. The van der Waals surface area contributed by atoms with Crippen molar-refractivity contribution in [2.45, 2.75) is 24.9 Å². The lowest BCUT2D eigenvalue weighted by atomic mass is 10.1. The van der Waals surface area contributed by atoms with Crippen LogP contribution in [0.1, 0.15) is 30.0 Å². The van der Waals surface area contributed by atoms with Gasteiger partial charge in [-0.05, 0) is 25.0 Å². The molecule has 1 aliphatic carbocycles. The third kappa shape index (κ3) is 2.91. The molecular formula is C16H16F3N3. The van der Waals surface area contributed by atoms with E-state index in [2.05, 4.69) is 9.97 Å². The maximum absolute atomic E-state index is 12.6. The van der Waals surface area contributed by atoms with Crippen LogP contribution in [0.2, 0.25) is 0 Å². The molecule has 1 fully saturated rings. The van der Waals surface area contributed by atoms with Crippen LogP contribution in [0.15, 0.2) is 30.5 Å². The molecule has 1 heterocycles. The van der Waals surface area contributed by atoms with Crippen LogP contribution in [0, 0.1) is 0 Å². The fourth-order valence-corrected chi connectivity index (χ4v) is 2.34. The van der Waals surface area contributed by atoms with Crippen LogP contribution in [0.25, 0.3) is 11.4 Å². The molecule has 0 spiro atoms. The van der Waals surface area contributed by atoms with Gasteiger partial charge < -0.3 is 4.90 Å². The minimum absolute atomic E-state index is 0.439. The van der Waals surface area contributed by atoms with Crippen LogP contribution in [0.3, 0.4) is 0 Å². The van der Waals surface area contributed by atoms with Crippen molar-refractivity contribution >= 4 is 5.69 Å². The zero-order valence-electron chi connectivity index (χ0n) is 12.4. The van der Waals surface area contributed by atoms with E-state index in [9.17, 15) is 13.2 Å². The SMILES string of the molecule is CN(C)c1cnc(-c2ccc(C(F)(F)F)cc2)nc1C1CC1. The van der Waals surface area contributed by atoms with Crippen molar-refractivity contribution in [2.75, 3.05) is 19.0 Å².